The van der Waals surface area contributed by atoms with Crippen LogP contribution in [0, 0.1) is 6.92 Å². The predicted octanol–water partition coefficient (Wildman–Crippen LogP) is 4.97. The number of benzene rings is 1. The van der Waals surface area contributed by atoms with Gasteiger partial charge < -0.3 is 8.83 Å². The van der Waals surface area contributed by atoms with Crippen LogP contribution in [0.2, 0.25) is 0 Å². The zero-order valence-corrected chi connectivity index (χ0v) is 14.1. The Balaban J connectivity index is 1.78. The van der Waals surface area contributed by atoms with Gasteiger partial charge in [0.15, 0.2) is 5.58 Å². The smallest absolute Gasteiger partial charge is 0.266 e. The fraction of sp³-hybridized carbons (Fsp3) is 0.167. The zero-order valence-electron chi connectivity index (χ0n) is 13.3. The van der Waals surface area contributed by atoms with Gasteiger partial charge in [-0.15, -0.1) is 22.0 Å². The molecular weight excluding hydrogens is 322 g/mol. The molecule has 6 heteroatoms. The molecule has 0 aliphatic rings. The molecule has 4 rings (SSSR count). The normalized spacial score (nSPS) is 11.2. The van der Waals surface area contributed by atoms with Gasteiger partial charge in [-0.25, -0.2) is 4.98 Å². The Kier molecular flexibility index (Phi) is 3.82. The molecule has 0 saturated carbocycles. The lowest BCUT2D eigenvalue weighted by Crippen LogP contribution is -1.85. The molecule has 0 N–H and O–H groups in total. The number of pyridine rings is 1. The van der Waals surface area contributed by atoms with E-state index in [0.717, 1.165) is 28.0 Å². The van der Waals surface area contributed by atoms with E-state index in [2.05, 4.69) is 46.4 Å². The van der Waals surface area contributed by atoms with E-state index in [0.29, 0.717) is 17.5 Å². The maximum Gasteiger partial charge on any atom is 0.266 e. The highest BCUT2D eigenvalue weighted by Gasteiger charge is 2.14. The summed E-state index contributed by atoms with van der Waals surface area (Å²) in [6.07, 6.45) is 1.74. The van der Waals surface area contributed by atoms with Gasteiger partial charge in [0, 0.05) is 17.4 Å². The summed E-state index contributed by atoms with van der Waals surface area (Å²) in [5, 5.41) is 7.89. The molecule has 0 fully saturated rings. The minimum atomic E-state index is 0.413. The third-order valence-electron chi connectivity index (χ3n) is 3.64. The van der Waals surface area contributed by atoms with E-state index < -0.39 is 0 Å². The van der Waals surface area contributed by atoms with Crippen molar-refractivity contribution >= 4 is 22.9 Å². The van der Waals surface area contributed by atoms with Crippen LogP contribution < -0.4 is 0 Å². The van der Waals surface area contributed by atoms with Crippen LogP contribution in [0.1, 0.15) is 12.8 Å². The highest BCUT2D eigenvalue weighted by molar-refractivity contribution is 7.99. The first-order valence-electron chi connectivity index (χ1n) is 7.66. The molecule has 0 unspecified atom stereocenters. The van der Waals surface area contributed by atoms with Crippen molar-refractivity contribution in [2.45, 2.75) is 18.7 Å². The molecule has 5 nitrogen and oxygen atoms in total. The van der Waals surface area contributed by atoms with Gasteiger partial charge in [-0.2, -0.15) is 0 Å². The van der Waals surface area contributed by atoms with Gasteiger partial charge in [-0.1, -0.05) is 19.1 Å². The van der Waals surface area contributed by atoms with Gasteiger partial charge in [0.25, 0.3) is 5.89 Å². The number of hydrogen-bond donors (Lipinski definition) is 0. The van der Waals surface area contributed by atoms with Crippen molar-refractivity contribution < 1.29 is 8.83 Å². The Bertz CT molecular complexity index is 989. The first-order valence-corrected chi connectivity index (χ1v) is 8.65. The molecule has 0 amide bonds. The molecular formula is C18H15N3O2S. The minimum absolute atomic E-state index is 0.413. The summed E-state index contributed by atoms with van der Waals surface area (Å²) in [4.78, 5) is 5.91. The lowest BCUT2D eigenvalue weighted by Gasteiger charge is -2.02. The van der Waals surface area contributed by atoms with E-state index in [4.69, 9.17) is 8.83 Å². The number of furan rings is 1. The van der Waals surface area contributed by atoms with Crippen LogP contribution in [-0.2, 0) is 0 Å². The van der Waals surface area contributed by atoms with E-state index in [1.807, 2.05) is 23.9 Å². The Labute approximate surface area is 143 Å². The molecule has 4 aromatic rings. The Morgan fingerprint density at radius 1 is 1.04 bits per heavy atom. The molecule has 3 aromatic heterocycles. The van der Waals surface area contributed by atoms with Crippen LogP contribution in [0.15, 0.2) is 56.4 Å². The molecule has 0 atom stereocenters. The Morgan fingerprint density at radius 2 is 1.88 bits per heavy atom. The van der Waals surface area contributed by atoms with Crippen LogP contribution in [0.25, 0.3) is 33.8 Å². The Hall–Kier alpha value is -2.60. The first kappa shape index (κ1) is 15.0. The minimum Gasteiger partial charge on any atom is -0.462 e. The predicted molar refractivity (Wildman–Crippen MR) is 93.9 cm³/mol. The van der Waals surface area contributed by atoms with E-state index in [-0.39, 0.29) is 0 Å². The van der Waals surface area contributed by atoms with E-state index in [1.165, 1.54) is 4.90 Å². The molecule has 1 aromatic carbocycles. The van der Waals surface area contributed by atoms with Gasteiger partial charge in [-0.05, 0) is 35.6 Å². The number of aryl methyl sites for hydroxylation is 1. The van der Waals surface area contributed by atoms with Crippen LogP contribution in [0.3, 0.4) is 0 Å². The summed E-state index contributed by atoms with van der Waals surface area (Å²) < 4.78 is 11.1. The number of hydrogen-bond acceptors (Lipinski definition) is 6. The monoisotopic (exact) mass is 337 g/mol. The molecule has 24 heavy (non-hydrogen) atoms. The number of aromatic nitrogens is 3. The number of nitrogens with zero attached hydrogens (tertiary/aromatic N) is 3. The van der Waals surface area contributed by atoms with Gasteiger partial charge in [0.1, 0.15) is 17.5 Å². The van der Waals surface area contributed by atoms with Crippen molar-refractivity contribution in [3.8, 4) is 22.7 Å². The van der Waals surface area contributed by atoms with Crippen LogP contribution in [-0.4, -0.2) is 20.9 Å². The molecule has 0 radical (unpaired) electrons. The summed E-state index contributed by atoms with van der Waals surface area (Å²) in [7, 11) is 0. The van der Waals surface area contributed by atoms with Crippen LogP contribution in [0.4, 0.5) is 0 Å². The summed E-state index contributed by atoms with van der Waals surface area (Å²) in [5.74, 6) is 1.99. The quantitative estimate of drug-likeness (QED) is 0.490. The highest BCUT2D eigenvalue weighted by Crippen LogP contribution is 2.32. The molecule has 0 spiro atoms. The molecule has 0 aliphatic carbocycles. The maximum atomic E-state index is 5.64. The average molecular weight is 337 g/mol. The second-order valence-electron chi connectivity index (χ2n) is 5.28. The van der Waals surface area contributed by atoms with Crippen LogP contribution in [0.5, 0.6) is 0 Å². The van der Waals surface area contributed by atoms with E-state index in [9.17, 15) is 0 Å². The fourth-order valence-electron chi connectivity index (χ4n) is 2.53. The topological polar surface area (TPSA) is 65.0 Å². The maximum absolute atomic E-state index is 5.64. The third kappa shape index (κ3) is 2.69. The summed E-state index contributed by atoms with van der Waals surface area (Å²) in [5.41, 5.74) is 4.19. The second-order valence-corrected chi connectivity index (χ2v) is 6.61. The summed E-state index contributed by atoms with van der Waals surface area (Å²) >= 11 is 1.82. The molecule has 3 heterocycles. The van der Waals surface area contributed by atoms with Crippen molar-refractivity contribution in [3.05, 3.63) is 48.6 Å². The second kappa shape index (κ2) is 6.13. The highest BCUT2D eigenvalue weighted by atomic mass is 32.2. The van der Waals surface area contributed by atoms with E-state index in [1.54, 1.807) is 13.2 Å². The molecule has 0 aliphatic heterocycles. The van der Waals surface area contributed by atoms with Gasteiger partial charge in [-0.3, -0.25) is 0 Å². The molecule has 0 bridgehead atoms. The summed E-state index contributed by atoms with van der Waals surface area (Å²) in [6.45, 7) is 3.90. The van der Waals surface area contributed by atoms with Gasteiger partial charge in [0.05, 0.1) is 0 Å². The first-order chi connectivity index (χ1) is 11.7. The zero-order chi connectivity index (χ0) is 16.5. The molecule has 0 saturated heterocycles. The fourth-order valence-corrected chi connectivity index (χ4v) is 3.20. The SMILES string of the molecule is CCSc1ccc(-c2coc3ccc(-c4nnc(C)o4)nc23)cc1. The van der Waals surface area contributed by atoms with Crippen molar-refractivity contribution in [1.29, 1.82) is 0 Å². The van der Waals surface area contributed by atoms with E-state index >= 15 is 0 Å². The lowest BCUT2D eigenvalue weighted by atomic mass is 10.1. The van der Waals surface area contributed by atoms with Crippen LogP contribution >= 0.6 is 11.8 Å². The standard InChI is InChI=1S/C18H15N3O2S/c1-3-24-13-6-4-12(5-7-13)14-10-22-16-9-8-15(19-17(14)16)18-21-20-11(2)23-18/h4-10H,3H2,1-2H3. The number of fused-ring (bicyclic) bond motifs is 1. The third-order valence-corrected chi connectivity index (χ3v) is 4.53. The van der Waals surface area contributed by atoms with Crippen molar-refractivity contribution in [1.82, 2.24) is 15.2 Å². The van der Waals surface area contributed by atoms with Gasteiger partial charge >= 0.3 is 0 Å². The van der Waals surface area contributed by atoms with Gasteiger partial charge in [0.2, 0.25) is 5.89 Å². The van der Waals surface area contributed by atoms with Crippen molar-refractivity contribution in [2.24, 2.45) is 0 Å². The number of rotatable bonds is 4. The average Bonchev–Trinajstić information content (AvgIpc) is 3.21. The van der Waals surface area contributed by atoms with Crippen molar-refractivity contribution in [2.75, 3.05) is 5.75 Å². The lowest BCUT2D eigenvalue weighted by molar-refractivity contribution is 0.531. The van der Waals surface area contributed by atoms with Crippen molar-refractivity contribution in [3.63, 3.8) is 0 Å². The molecule has 120 valence electrons. The summed E-state index contributed by atoms with van der Waals surface area (Å²) in [6, 6.07) is 12.1. The number of thioether (sulfide) groups is 1. The Morgan fingerprint density at radius 3 is 2.58 bits per heavy atom. The largest absolute Gasteiger partial charge is 0.462 e.